The predicted octanol–water partition coefficient (Wildman–Crippen LogP) is 2.30. The van der Waals surface area contributed by atoms with Crippen LogP contribution in [0.1, 0.15) is 10.4 Å². The first-order chi connectivity index (χ1) is 11.6. The molecule has 0 aliphatic carbocycles. The zero-order chi connectivity index (χ0) is 16.7. The molecule has 0 radical (unpaired) electrons. The first-order valence-corrected chi connectivity index (χ1v) is 7.12. The van der Waals surface area contributed by atoms with E-state index in [1.165, 1.54) is 0 Å². The summed E-state index contributed by atoms with van der Waals surface area (Å²) in [7, 11) is 0. The number of carboxylic acids is 1. The van der Waals surface area contributed by atoms with Crippen molar-refractivity contribution >= 4 is 22.7 Å². The van der Waals surface area contributed by atoms with Gasteiger partial charge in [0.25, 0.3) is 0 Å². The Kier molecular flexibility index (Phi) is 3.02. The number of aromatic carboxylic acids is 1. The lowest BCUT2D eigenvalue weighted by molar-refractivity contribution is 0.0697. The van der Waals surface area contributed by atoms with Crippen molar-refractivity contribution in [1.29, 1.82) is 0 Å². The standard InChI is InChI=1S/C16H12N6O2/c17-15-13-12(21-22-15)7-11(19-14(13)10-5-6-18-20-10)8-3-1-2-4-9(8)16(23)24/h1-7H,(H,18,20)(H,23,24)(H3,17,21,22). The van der Waals surface area contributed by atoms with Crippen LogP contribution in [0, 0.1) is 0 Å². The van der Waals surface area contributed by atoms with E-state index in [2.05, 4.69) is 25.4 Å². The van der Waals surface area contributed by atoms with Gasteiger partial charge in [0, 0.05) is 11.8 Å². The van der Waals surface area contributed by atoms with E-state index in [1.807, 2.05) is 0 Å². The van der Waals surface area contributed by atoms with Crippen LogP contribution in [0.25, 0.3) is 33.5 Å². The summed E-state index contributed by atoms with van der Waals surface area (Å²) in [5, 5.41) is 23.7. The molecule has 3 aromatic heterocycles. The summed E-state index contributed by atoms with van der Waals surface area (Å²) in [6, 6.07) is 10.2. The number of hydrogen-bond acceptors (Lipinski definition) is 5. The monoisotopic (exact) mass is 320 g/mol. The second-order valence-corrected chi connectivity index (χ2v) is 5.21. The third kappa shape index (κ3) is 2.09. The summed E-state index contributed by atoms with van der Waals surface area (Å²) in [6.45, 7) is 0. The van der Waals surface area contributed by atoms with Crippen molar-refractivity contribution in [3.63, 3.8) is 0 Å². The summed E-state index contributed by atoms with van der Waals surface area (Å²) < 4.78 is 0. The van der Waals surface area contributed by atoms with Crippen LogP contribution in [0.3, 0.4) is 0 Å². The van der Waals surface area contributed by atoms with Gasteiger partial charge < -0.3 is 10.8 Å². The van der Waals surface area contributed by atoms with Crippen LogP contribution in [0.2, 0.25) is 0 Å². The number of aromatic nitrogens is 5. The molecule has 4 aromatic rings. The number of carbonyl (C=O) groups is 1. The topological polar surface area (TPSA) is 134 Å². The molecule has 0 atom stereocenters. The van der Waals surface area contributed by atoms with Gasteiger partial charge in [-0.15, -0.1) is 0 Å². The first kappa shape index (κ1) is 13.9. The molecule has 118 valence electrons. The number of benzene rings is 1. The third-order valence-corrected chi connectivity index (χ3v) is 3.76. The number of pyridine rings is 1. The number of H-pyrrole nitrogens is 2. The number of aromatic amines is 2. The van der Waals surface area contributed by atoms with Gasteiger partial charge in [-0.05, 0) is 18.2 Å². The molecule has 0 aliphatic heterocycles. The second kappa shape index (κ2) is 5.20. The van der Waals surface area contributed by atoms with Crippen molar-refractivity contribution in [2.24, 2.45) is 0 Å². The van der Waals surface area contributed by atoms with Crippen LogP contribution in [-0.4, -0.2) is 36.5 Å². The summed E-state index contributed by atoms with van der Waals surface area (Å²) in [5.74, 6) is -0.695. The van der Waals surface area contributed by atoms with Crippen LogP contribution >= 0.6 is 0 Å². The zero-order valence-corrected chi connectivity index (χ0v) is 12.3. The van der Waals surface area contributed by atoms with Crippen LogP contribution in [-0.2, 0) is 0 Å². The van der Waals surface area contributed by atoms with E-state index >= 15 is 0 Å². The van der Waals surface area contributed by atoms with E-state index in [4.69, 9.17) is 5.73 Å². The molecular weight excluding hydrogens is 308 g/mol. The Morgan fingerprint density at radius 2 is 2.00 bits per heavy atom. The van der Waals surface area contributed by atoms with Crippen LogP contribution in [0.4, 0.5) is 5.82 Å². The summed E-state index contributed by atoms with van der Waals surface area (Å²) in [4.78, 5) is 16.1. The Morgan fingerprint density at radius 1 is 1.17 bits per heavy atom. The average Bonchev–Trinajstić information content (AvgIpc) is 3.24. The minimum Gasteiger partial charge on any atom is -0.478 e. The smallest absolute Gasteiger partial charge is 0.336 e. The number of fused-ring (bicyclic) bond motifs is 1. The number of nitrogens with zero attached hydrogens (tertiary/aromatic N) is 3. The molecule has 3 heterocycles. The SMILES string of the molecule is Nc1n[nH]c2cc(-c3ccccc3C(=O)O)nc(-c3ccn[nH]3)c12. The van der Waals surface area contributed by atoms with Gasteiger partial charge in [-0.25, -0.2) is 9.78 Å². The van der Waals surface area contributed by atoms with Gasteiger partial charge in [0.2, 0.25) is 0 Å². The number of nitrogens with one attached hydrogen (secondary N) is 2. The van der Waals surface area contributed by atoms with Crippen molar-refractivity contribution < 1.29 is 9.90 Å². The average molecular weight is 320 g/mol. The molecule has 24 heavy (non-hydrogen) atoms. The van der Waals surface area contributed by atoms with Crippen molar-refractivity contribution in [2.45, 2.75) is 0 Å². The van der Waals surface area contributed by atoms with E-state index in [9.17, 15) is 9.90 Å². The Labute approximate surface area is 135 Å². The fraction of sp³-hybridized carbons (Fsp3) is 0. The Balaban J connectivity index is 2.04. The fourth-order valence-electron chi connectivity index (χ4n) is 2.68. The van der Waals surface area contributed by atoms with E-state index in [1.54, 1.807) is 42.6 Å². The Bertz CT molecular complexity index is 1050. The van der Waals surface area contributed by atoms with Crippen molar-refractivity contribution in [1.82, 2.24) is 25.4 Å². The number of anilines is 1. The molecule has 8 nitrogen and oxygen atoms in total. The van der Waals surface area contributed by atoms with E-state index in [0.29, 0.717) is 39.4 Å². The zero-order valence-electron chi connectivity index (χ0n) is 12.3. The minimum absolute atomic E-state index is 0.174. The van der Waals surface area contributed by atoms with Gasteiger partial charge in [-0.3, -0.25) is 10.2 Å². The van der Waals surface area contributed by atoms with Gasteiger partial charge in [0.15, 0.2) is 5.82 Å². The highest BCUT2D eigenvalue weighted by atomic mass is 16.4. The number of carboxylic acid groups (broad SMARTS) is 1. The lowest BCUT2D eigenvalue weighted by Crippen LogP contribution is -2.01. The number of hydrogen-bond donors (Lipinski definition) is 4. The van der Waals surface area contributed by atoms with Crippen molar-refractivity contribution in [3.8, 4) is 22.6 Å². The maximum absolute atomic E-state index is 11.5. The lowest BCUT2D eigenvalue weighted by Gasteiger charge is -2.08. The quantitative estimate of drug-likeness (QED) is 0.457. The predicted molar refractivity (Wildman–Crippen MR) is 88.3 cm³/mol. The molecule has 5 N–H and O–H groups in total. The van der Waals surface area contributed by atoms with Crippen molar-refractivity contribution in [3.05, 3.63) is 48.2 Å². The molecule has 0 fully saturated rings. The van der Waals surface area contributed by atoms with E-state index in [0.717, 1.165) is 0 Å². The molecular formula is C16H12N6O2. The molecule has 0 bridgehead atoms. The van der Waals surface area contributed by atoms with Gasteiger partial charge in [0.05, 0.1) is 27.9 Å². The third-order valence-electron chi connectivity index (χ3n) is 3.76. The molecule has 1 aromatic carbocycles. The normalized spacial score (nSPS) is 11.0. The first-order valence-electron chi connectivity index (χ1n) is 7.12. The Hall–Kier alpha value is -3.68. The highest BCUT2D eigenvalue weighted by Crippen LogP contribution is 2.33. The maximum atomic E-state index is 11.5. The summed E-state index contributed by atoms with van der Waals surface area (Å²) in [5.41, 5.74) is 9.04. The highest BCUT2D eigenvalue weighted by Gasteiger charge is 2.18. The van der Waals surface area contributed by atoms with Crippen molar-refractivity contribution in [2.75, 3.05) is 5.73 Å². The minimum atomic E-state index is -1.01. The van der Waals surface area contributed by atoms with Crippen LogP contribution in [0.5, 0.6) is 0 Å². The van der Waals surface area contributed by atoms with Crippen LogP contribution < -0.4 is 5.73 Å². The molecule has 0 spiro atoms. The molecule has 0 unspecified atom stereocenters. The van der Waals surface area contributed by atoms with E-state index in [-0.39, 0.29) is 5.56 Å². The molecule has 0 saturated heterocycles. The van der Waals surface area contributed by atoms with Crippen LogP contribution in [0.15, 0.2) is 42.6 Å². The molecule has 0 aliphatic rings. The number of nitrogens with two attached hydrogens (primary N) is 1. The number of rotatable bonds is 3. The van der Waals surface area contributed by atoms with Gasteiger partial charge in [-0.1, -0.05) is 18.2 Å². The highest BCUT2D eigenvalue weighted by molar-refractivity contribution is 6.02. The Morgan fingerprint density at radius 3 is 2.75 bits per heavy atom. The lowest BCUT2D eigenvalue weighted by atomic mass is 10.0. The van der Waals surface area contributed by atoms with Gasteiger partial charge >= 0.3 is 5.97 Å². The largest absolute Gasteiger partial charge is 0.478 e. The van der Waals surface area contributed by atoms with E-state index < -0.39 is 5.97 Å². The summed E-state index contributed by atoms with van der Waals surface area (Å²) >= 11 is 0. The molecule has 8 heteroatoms. The molecule has 4 rings (SSSR count). The summed E-state index contributed by atoms with van der Waals surface area (Å²) in [6.07, 6.45) is 1.61. The van der Waals surface area contributed by atoms with Gasteiger partial charge in [0.1, 0.15) is 5.69 Å². The fourth-order valence-corrected chi connectivity index (χ4v) is 2.68. The maximum Gasteiger partial charge on any atom is 0.336 e. The molecule has 0 amide bonds. The second-order valence-electron chi connectivity index (χ2n) is 5.21. The molecule has 0 saturated carbocycles. The number of nitrogen functional groups attached to an aromatic ring is 1. The van der Waals surface area contributed by atoms with Gasteiger partial charge in [-0.2, -0.15) is 10.2 Å².